The van der Waals surface area contributed by atoms with Gasteiger partial charge in [0.15, 0.2) is 9.84 Å². The molecule has 3 fully saturated rings. The average Bonchev–Trinajstić information content (AvgIpc) is 3.02. The summed E-state index contributed by atoms with van der Waals surface area (Å²) in [6.45, 7) is 0. The summed E-state index contributed by atoms with van der Waals surface area (Å²) in [4.78, 5) is 29.2. The van der Waals surface area contributed by atoms with Crippen molar-refractivity contribution in [1.82, 2.24) is 9.80 Å². The fraction of sp³-hybridized carbons (Fsp3) is 0.900. The van der Waals surface area contributed by atoms with E-state index < -0.39 is 21.9 Å². The molecule has 3 aliphatic rings. The number of nitrogens with zero attached hydrogens (tertiary/aromatic N) is 2. The van der Waals surface area contributed by atoms with Crippen molar-refractivity contribution >= 4 is 21.7 Å². The van der Waals surface area contributed by atoms with Crippen LogP contribution in [0.5, 0.6) is 0 Å². The van der Waals surface area contributed by atoms with Gasteiger partial charge in [-0.05, 0) is 25.7 Å². The van der Waals surface area contributed by atoms with Gasteiger partial charge in [-0.1, -0.05) is 38.5 Å². The highest BCUT2D eigenvalue weighted by Gasteiger charge is 2.46. The number of hydrogen-bond donors (Lipinski definition) is 0. The zero-order chi connectivity index (χ0) is 19.6. The normalized spacial score (nSPS) is 29.4. The van der Waals surface area contributed by atoms with Crippen molar-refractivity contribution in [1.29, 1.82) is 0 Å². The second-order valence-electron chi connectivity index (χ2n) is 8.78. The number of amides is 2. The maximum absolute atomic E-state index is 13.0. The smallest absolute Gasteiger partial charge is 0.225 e. The highest BCUT2D eigenvalue weighted by Crippen LogP contribution is 2.31. The van der Waals surface area contributed by atoms with Gasteiger partial charge in [-0.25, -0.2) is 8.42 Å². The maximum Gasteiger partial charge on any atom is 0.225 e. The van der Waals surface area contributed by atoms with Crippen molar-refractivity contribution in [3.63, 3.8) is 0 Å². The number of carbonyl (C=O) groups excluding carboxylic acids is 2. The summed E-state index contributed by atoms with van der Waals surface area (Å²) in [6.07, 6.45) is 10.2. The molecule has 7 heteroatoms. The van der Waals surface area contributed by atoms with Crippen LogP contribution in [0.2, 0.25) is 0 Å². The lowest BCUT2D eigenvalue weighted by Crippen LogP contribution is -2.54. The molecule has 2 atom stereocenters. The lowest BCUT2D eigenvalue weighted by molar-refractivity contribution is -0.143. The van der Waals surface area contributed by atoms with Gasteiger partial charge in [0, 0.05) is 25.9 Å². The molecule has 0 bridgehead atoms. The molecule has 0 aromatic carbocycles. The summed E-state index contributed by atoms with van der Waals surface area (Å²) in [7, 11) is 0.210. The standard InChI is InChI=1S/C20H34N2O4S/c1-21(19(23)15-9-5-3-6-10-15)17-13-27(25,26)14-18(17)22(2)20(24)16-11-7-4-8-12-16/h15-18H,3-14H2,1-2H3/t17-,18-/m1/s1. The van der Waals surface area contributed by atoms with Crippen molar-refractivity contribution in [3.8, 4) is 0 Å². The molecule has 0 aromatic heterocycles. The summed E-state index contributed by atoms with van der Waals surface area (Å²) >= 11 is 0. The van der Waals surface area contributed by atoms with Crippen LogP contribution in [0.25, 0.3) is 0 Å². The van der Waals surface area contributed by atoms with E-state index in [1.807, 2.05) is 0 Å². The molecule has 0 N–H and O–H groups in total. The van der Waals surface area contributed by atoms with E-state index in [1.54, 1.807) is 23.9 Å². The summed E-state index contributed by atoms with van der Waals surface area (Å²) in [5.74, 6) is 0.0591. The zero-order valence-corrected chi connectivity index (χ0v) is 17.5. The maximum atomic E-state index is 13.0. The van der Waals surface area contributed by atoms with E-state index in [0.29, 0.717) is 0 Å². The van der Waals surface area contributed by atoms with Crippen LogP contribution in [0.1, 0.15) is 64.2 Å². The summed E-state index contributed by atoms with van der Waals surface area (Å²) in [5, 5.41) is 0. The molecule has 1 aliphatic heterocycles. The summed E-state index contributed by atoms with van der Waals surface area (Å²) in [5.41, 5.74) is 0. The number of likely N-dealkylation sites (N-methyl/N-ethyl adjacent to an activating group) is 2. The van der Waals surface area contributed by atoms with Crippen molar-refractivity contribution in [2.75, 3.05) is 25.6 Å². The third-order valence-electron chi connectivity index (χ3n) is 6.89. The summed E-state index contributed by atoms with van der Waals surface area (Å²) in [6, 6.07) is -0.857. The topological polar surface area (TPSA) is 74.8 Å². The quantitative estimate of drug-likeness (QED) is 0.728. The molecule has 27 heavy (non-hydrogen) atoms. The molecule has 0 radical (unpaired) electrons. The molecule has 6 nitrogen and oxygen atoms in total. The third kappa shape index (κ3) is 4.66. The second kappa shape index (κ2) is 8.50. The van der Waals surface area contributed by atoms with E-state index in [0.717, 1.165) is 51.4 Å². The van der Waals surface area contributed by atoms with Crippen LogP contribution >= 0.6 is 0 Å². The van der Waals surface area contributed by atoms with Crippen LogP contribution in [0.4, 0.5) is 0 Å². The molecule has 154 valence electrons. The average molecular weight is 399 g/mol. The number of carbonyl (C=O) groups is 2. The van der Waals surface area contributed by atoms with Crippen molar-refractivity contribution in [2.45, 2.75) is 76.3 Å². The Morgan fingerprint density at radius 2 is 1.00 bits per heavy atom. The Morgan fingerprint density at radius 1 is 0.667 bits per heavy atom. The predicted octanol–water partition coefficient (Wildman–Crippen LogP) is 2.23. The largest absolute Gasteiger partial charge is 0.339 e. The first kappa shape index (κ1) is 20.6. The Labute approximate surface area is 163 Å². The minimum absolute atomic E-state index is 0.00653. The number of rotatable bonds is 4. The molecule has 2 saturated carbocycles. The molecule has 0 spiro atoms. The van der Waals surface area contributed by atoms with Crippen LogP contribution in [0, 0.1) is 11.8 Å². The van der Waals surface area contributed by atoms with Crippen LogP contribution in [0.3, 0.4) is 0 Å². The molecule has 3 rings (SSSR count). The Hall–Kier alpha value is -1.11. The van der Waals surface area contributed by atoms with Gasteiger partial charge in [0.25, 0.3) is 0 Å². The molecule has 0 aromatic rings. The number of hydrogen-bond acceptors (Lipinski definition) is 4. The molecule has 1 saturated heterocycles. The zero-order valence-electron chi connectivity index (χ0n) is 16.7. The van der Waals surface area contributed by atoms with E-state index in [9.17, 15) is 18.0 Å². The van der Waals surface area contributed by atoms with Crippen LogP contribution < -0.4 is 0 Å². The first-order chi connectivity index (χ1) is 12.8. The van der Waals surface area contributed by atoms with Gasteiger partial charge in [-0.15, -0.1) is 0 Å². The molecular weight excluding hydrogens is 364 g/mol. The minimum atomic E-state index is -3.25. The minimum Gasteiger partial charge on any atom is -0.339 e. The predicted molar refractivity (Wildman–Crippen MR) is 105 cm³/mol. The van der Waals surface area contributed by atoms with E-state index in [2.05, 4.69) is 0 Å². The Balaban J connectivity index is 1.73. The van der Waals surface area contributed by atoms with Crippen molar-refractivity contribution in [2.24, 2.45) is 11.8 Å². The van der Waals surface area contributed by atoms with Gasteiger partial charge in [-0.3, -0.25) is 9.59 Å². The van der Waals surface area contributed by atoms with E-state index in [-0.39, 0.29) is 35.2 Å². The first-order valence-electron chi connectivity index (χ1n) is 10.5. The Morgan fingerprint density at radius 3 is 1.33 bits per heavy atom. The molecule has 0 unspecified atom stereocenters. The first-order valence-corrected chi connectivity index (χ1v) is 12.4. The highest BCUT2D eigenvalue weighted by molar-refractivity contribution is 7.91. The molecule has 2 amide bonds. The van der Waals surface area contributed by atoms with E-state index in [4.69, 9.17) is 0 Å². The van der Waals surface area contributed by atoms with Gasteiger partial charge < -0.3 is 9.80 Å². The van der Waals surface area contributed by atoms with E-state index in [1.165, 1.54) is 12.8 Å². The fourth-order valence-electron chi connectivity index (χ4n) is 5.15. The van der Waals surface area contributed by atoms with Gasteiger partial charge in [-0.2, -0.15) is 0 Å². The summed E-state index contributed by atoms with van der Waals surface area (Å²) < 4.78 is 24.8. The van der Waals surface area contributed by atoms with Crippen molar-refractivity contribution in [3.05, 3.63) is 0 Å². The van der Waals surface area contributed by atoms with Gasteiger partial charge in [0.2, 0.25) is 11.8 Å². The van der Waals surface area contributed by atoms with Gasteiger partial charge in [0.1, 0.15) is 0 Å². The Kier molecular flexibility index (Phi) is 6.49. The SMILES string of the molecule is CN(C(=O)C1CCCCC1)[C@@H]1CS(=O)(=O)C[C@H]1N(C)C(=O)C1CCCCC1. The fourth-order valence-corrected chi connectivity index (χ4v) is 7.22. The Bertz CT molecular complexity index is 601. The van der Waals surface area contributed by atoms with Crippen LogP contribution in [-0.4, -0.2) is 67.7 Å². The third-order valence-corrected chi connectivity index (χ3v) is 8.59. The lowest BCUT2D eigenvalue weighted by Gasteiger charge is -2.38. The molecule has 1 heterocycles. The van der Waals surface area contributed by atoms with Gasteiger partial charge in [0.05, 0.1) is 23.6 Å². The monoisotopic (exact) mass is 398 g/mol. The van der Waals surface area contributed by atoms with Crippen LogP contribution in [0.15, 0.2) is 0 Å². The molecule has 2 aliphatic carbocycles. The second-order valence-corrected chi connectivity index (χ2v) is 10.9. The lowest BCUT2D eigenvalue weighted by atomic mass is 9.87. The highest BCUT2D eigenvalue weighted by atomic mass is 32.2. The number of sulfone groups is 1. The van der Waals surface area contributed by atoms with E-state index >= 15 is 0 Å². The van der Waals surface area contributed by atoms with Crippen LogP contribution in [-0.2, 0) is 19.4 Å². The molecular formula is C20H34N2O4S. The van der Waals surface area contributed by atoms with Crippen molar-refractivity contribution < 1.29 is 18.0 Å². The van der Waals surface area contributed by atoms with Gasteiger partial charge >= 0.3 is 0 Å².